The molecule has 1 fully saturated rings. The fraction of sp³-hybridized carbons (Fsp3) is 0.562. The van der Waals surface area contributed by atoms with E-state index in [1.807, 2.05) is 0 Å². The van der Waals surface area contributed by atoms with Gasteiger partial charge < -0.3 is 16.4 Å². The van der Waals surface area contributed by atoms with Gasteiger partial charge in [-0.15, -0.1) is 0 Å². The van der Waals surface area contributed by atoms with Crippen LogP contribution in [-0.4, -0.2) is 24.5 Å². The highest BCUT2D eigenvalue weighted by Crippen LogP contribution is 2.18. The minimum Gasteiger partial charge on any atom is -0.383 e. The molecular weight excluding hydrogens is 269 g/mol. The third-order valence-corrected chi connectivity index (χ3v) is 3.95. The molecule has 1 amide bonds. The molecule has 2 atom stereocenters. The number of carbonyl (C=O) groups is 1. The molecule has 0 radical (unpaired) electrons. The maximum atomic E-state index is 13.4. The lowest BCUT2D eigenvalue weighted by Crippen LogP contribution is -2.33. The molecular formula is C16H24FN3O. The molecule has 116 valence electrons. The predicted octanol–water partition coefficient (Wildman–Crippen LogP) is 2.65. The van der Waals surface area contributed by atoms with E-state index < -0.39 is 11.7 Å². The standard InChI is InChI=1S/C16H24FN3O/c1-11(9-12-5-3-2-4-8-19-12)20-13-6-7-15(17)14(10-13)16(18)21/h6-7,10-12,19-20H,2-5,8-9H2,1H3,(H2,18,21). The minimum absolute atomic E-state index is 0.0696. The van der Waals surface area contributed by atoms with Crippen LogP contribution in [0.1, 0.15) is 49.4 Å². The quantitative estimate of drug-likeness (QED) is 0.782. The van der Waals surface area contributed by atoms with Crippen molar-refractivity contribution >= 4 is 11.6 Å². The topological polar surface area (TPSA) is 67.2 Å². The number of nitrogens with two attached hydrogens (primary N) is 1. The van der Waals surface area contributed by atoms with Gasteiger partial charge in [-0.05, 0) is 50.9 Å². The summed E-state index contributed by atoms with van der Waals surface area (Å²) in [6.07, 6.45) is 6.02. The van der Waals surface area contributed by atoms with E-state index in [-0.39, 0.29) is 11.6 Å². The van der Waals surface area contributed by atoms with Crippen molar-refractivity contribution in [1.29, 1.82) is 0 Å². The number of amides is 1. The lowest BCUT2D eigenvalue weighted by molar-refractivity contribution is 0.0996. The van der Waals surface area contributed by atoms with Gasteiger partial charge in [0.05, 0.1) is 5.56 Å². The summed E-state index contributed by atoms with van der Waals surface area (Å²) in [6, 6.07) is 5.16. The van der Waals surface area contributed by atoms with Crippen LogP contribution in [0.2, 0.25) is 0 Å². The molecule has 0 spiro atoms. The Labute approximate surface area is 125 Å². The number of halogens is 1. The molecule has 4 nitrogen and oxygen atoms in total. The number of primary amides is 1. The molecule has 1 heterocycles. The van der Waals surface area contributed by atoms with Crippen molar-refractivity contribution in [2.24, 2.45) is 5.73 Å². The first-order valence-electron chi connectivity index (χ1n) is 7.65. The van der Waals surface area contributed by atoms with Crippen LogP contribution in [0.5, 0.6) is 0 Å². The number of benzene rings is 1. The second-order valence-electron chi connectivity index (χ2n) is 5.84. The molecule has 1 aromatic carbocycles. The Hall–Kier alpha value is -1.62. The van der Waals surface area contributed by atoms with E-state index >= 15 is 0 Å². The third-order valence-electron chi connectivity index (χ3n) is 3.95. The zero-order chi connectivity index (χ0) is 15.2. The predicted molar refractivity (Wildman–Crippen MR) is 82.9 cm³/mol. The van der Waals surface area contributed by atoms with E-state index in [2.05, 4.69) is 17.6 Å². The molecule has 0 aromatic heterocycles. The molecule has 1 aromatic rings. The van der Waals surface area contributed by atoms with E-state index in [1.165, 1.54) is 37.8 Å². The average Bonchev–Trinajstić information content (AvgIpc) is 2.69. The van der Waals surface area contributed by atoms with E-state index in [9.17, 15) is 9.18 Å². The Morgan fingerprint density at radius 2 is 2.29 bits per heavy atom. The molecule has 1 saturated heterocycles. The van der Waals surface area contributed by atoms with Crippen LogP contribution >= 0.6 is 0 Å². The van der Waals surface area contributed by atoms with Crippen LogP contribution in [0.4, 0.5) is 10.1 Å². The Bertz CT molecular complexity index is 484. The summed E-state index contributed by atoms with van der Waals surface area (Å²) < 4.78 is 13.4. The van der Waals surface area contributed by atoms with Crippen LogP contribution in [0, 0.1) is 5.82 Å². The monoisotopic (exact) mass is 293 g/mol. The van der Waals surface area contributed by atoms with Gasteiger partial charge in [0.1, 0.15) is 5.82 Å². The molecule has 2 unspecified atom stereocenters. The lowest BCUT2D eigenvalue weighted by Gasteiger charge is -2.22. The minimum atomic E-state index is -0.741. The van der Waals surface area contributed by atoms with Gasteiger partial charge >= 0.3 is 0 Å². The zero-order valence-electron chi connectivity index (χ0n) is 12.5. The van der Waals surface area contributed by atoms with Crippen LogP contribution in [0.25, 0.3) is 0 Å². The summed E-state index contributed by atoms with van der Waals surface area (Å²) >= 11 is 0. The number of hydrogen-bond acceptors (Lipinski definition) is 3. The van der Waals surface area contributed by atoms with Crippen molar-refractivity contribution in [1.82, 2.24) is 5.32 Å². The summed E-state index contributed by atoms with van der Waals surface area (Å²) in [4.78, 5) is 11.2. The highest BCUT2D eigenvalue weighted by molar-refractivity contribution is 5.94. The molecule has 21 heavy (non-hydrogen) atoms. The maximum Gasteiger partial charge on any atom is 0.251 e. The SMILES string of the molecule is CC(CC1CCCCCN1)Nc1ccc(F)c(C(N)=O)c1. The van der Waals surface area contributed by atoms with Crippen molar-refractivity contribution in [2.45, 2.75) is 51.1 Å². The summed E-state index contributed by atoms with van der Waals surface area (Å²) in [5.41, 5.74) is 5.82. The summed E-state index contributed by atoms with van der Waals surface area (Å²) in [6.45, 7) is 3.18. The van der Waals surface area contributed by atoms with Crippen molar-refractivity contribution in [3.8, 4) is 0 Å². The summed E-state index contributed by atoms with van der Waals surface area (Å²) in [5, 5.41) is 6.88. The summed E-state index contributed by atoms with van der Waals surface area (Å²) in [5.74, 6) is -1.32. The largest absolute Gasteiger partial charge is 0.383 e. The highest BCUT2D eigenvalue weighted by atomic mass is 19.1. The highest BCUT2D eigenvalue weighted by Gasteiger charge is 2.15. The molecule has 1 aliphatic rings. The van der Waals surface area contributed by atoms with Crippen LogP contribution in [0.3, 0.4) is 0 Å². The van der Waals surface area contributed by atoms with Crippen molar-refractivity contribution < 1.29 is 9.18 Å². The second kappa shape index (κ2) is 7.41. The van der Waals surface area contributed by atoms with Crippen LogP contribution in [-0.2, 0) is 0 Å². The molecule has 2 rings (SSSR count). The zero-order valence-corrected chi connectivity index (χ0v) is 12.5. The average molecular weight is 293 g/mol. The van der Waals surface area contributed by atoms with Gasteiger partial charge in [-0.1, -0.05) is 12.8 Å². The first kappa shape index (κ1) is 15.8. The fourth-order valence-corrected chi connectivity index (χ4v) is 2.88. The molecule has 0 bridgehead atoms. The van der Waals surface area contributed by atoms with Crippen LogP contribution < -0.4 is 16.4 Å². The third kappa shape index (κ3) is 4.70. The molecule has 5 heteroatoms. The van der Waals surface area contributed by atoms with Crippen molar-refractivity contribution in [2.75, 3.05) is 11.9 Å². The van der Waals surface area contributed by atoms with Gasteiger partial charge in [0.25, 0.3) is 5.91 Å². The fourth-order valence-electron chi connectivity index (χ4n) is 2.88. The number of carbonyl (C=O) groups excluding carboxylic acids is 1. The number of nitrogens with one attached hydrogen (secondary N) is 2. The summed E-state index contributed by atoms with van der Waals surface area (Å²) in [7, 11) is 0. The van der Waals surface area contributed by atoms with Gasteiger partial charge in [0.2, 0.25) is 0 Å². The Morgan fingerprint density at radius 3 is 3.05 bits per heavy atom. The van der Waals surface area contributed by atoms with Gasteiger partial charge in [-0.25, -0.2) is 4.39 Å². The van der Waals surface area contributed by atoms with Crippen molar-refractivity contribution in [3.05, 3.63) is 29.6 Å². The van der Waals surface area contributed by atoms with Crippen LogP contribution in [0.15, 0.2) is 18.2 Å². The first-order chi connectivity index (χ1) is 10.1. The number of hydrogen-bond donors (Lipinski definition) is 3. The molecule has 1 aliphatic heterocycles. The molecule has 0 aliphatic carbocycles. The number of rotatable bonds is 5. The lowest BCUT2D eigenvalue weighted by atomic mass is 10.0. The normalized spacial score (nSPS) is 20.6. The van der Waals surface area contributed by atoms with E-state index in [1.54, 1.807) is 6.07 Å². The molecule has 4 N–H and O–H groups in total. The van der Waals surface area contributed by atoms with Gasteiger partial charge in [0, 0.05) is 17.8 Å². The Balaban J connectivity index is 1.94. The number of anilines is 1. The Morgan fingerprint density at radius 1 is 1.48 bits per heavy atom. The van der Waals surface area contributed by atoms with E-state index in [0.717, 1.165) is 18.7 Å². The smallest absolute Gasteiger partial charge is 0.251 e. The van der Waals surface area contributed by atoms with Gasteiger partial charge in [-0.3, -0.25) is 4.79 Å². The Kier molecular flexibility index (Phi) is 5.56. The van der Waals surface area contributed by atoms with E-state index in [4.69, 9.17) is 5.73 Å². The van der Waals surface area contributed by atoms with Gasteiger partial charge in [0.15, 0.2) is 0 Å². The van der Waals surface area contributed by atoms with E-state index in [0.29, 0.717) is 6.04 Å². The first-order valence-corrected chi connectivity index (χ1v) is 7.65. The van der Waals surface area contributed by atoms with Crippen molar-refractivity contribution in [3.63, 3.8) is 0 Å². The maximum absolute atomic E-state index is 13.4. The molecule has 0 saturated carbocycles. The van der Waals surface area contributed by atoms with Gasteiger partial charge in [-0.2, -0.15) is 0 Å². The second-order valence-corrected chi connectivity index (χ2v) is 5.84.